The predicted molar refractivity (Wildman–Crippen MR) is 63.2 cm³/mol. The number of hydrogen-bond donors (Lipinski definition) is 1. The van der Waals surface area contributed by atoms with Crippen molar-refractivity contribution in [3.05, 3.63) is 34.9 Å². The molecule has 0 unspecified atom stereocenters. The second-order valence-electron chi connectivity index (χ2n) is 4.58. The van der Waals surface area contributed by atoms with Crippen molar-refractivity contribution in [2.24, 2.45) is 0 Å². The highest BCUT2D eigenvalue weighted by atomic mass is 32.1. The van der Waals surface area contributed by atoms with E-state index >= 15 is 0 Å². The number of thiol groups is 1. The predicted octanol–water partition coefficient (Wildman–Crippen LogP) is 3.36. The fraction of sp³-hybridized carbons (Fsp3) is 0.417. The van der Waals surface area contributed by atoms with Gasteiger partial charge in [0, 0.05) is 5.56 Å². The Morgan fingerprint density at radius 1 is 1.29 bits per heavy atom. The van der Waals surface area contributed by atoms with Crippen LogP contribution in [0.4, 0.5) is 0 Å². The van der Waals surface area contributed by atoms with Crippen LogP contribution >= 0.6 is 12.6 Å². The molecule has 2 heteroatoms. The minimum Gasteiger partial charge on any atom is -0.282 e. The van der Waals surface area contributed by atoms with Gasteiger partial charge in [-0.05, 0) is 29.5 Å². The van der Waals surface area contributed by atoms with E-state index in [0.717, 1.165) is 5.56 Å². The third-order valence-electron chi connectivity index (χ3n) is 2.32. The Labute approximate surface area is 90.9 Å². The van der Waals surface area contributed by atoms with Gasteiger partial charge in [-0.15, -0.1) is 12.6 Å². The Bertz CT molecular complexity index is 361. The van der Waals surface area contributed by atoms with Gasteiger partial charge in [-0.3, -0.25) is 4.79 Å². The molecule has 0 aliphatic heterocycles. The Morgan fingerprint density at radius 3 is 2.21 bits per heavy atom. The molecule has 0 aromatic heterocycles. The van der Waals surface area contributed by atoms with Crippen LogP contribution in [-0.2, 0) is 5.41 Å². The van der Waals surface area contributed by atoms with E-state index < -0.39 is 0 Å². The molecule has 76 valence electrons. The third-order valence-corrected chi connectivity index (χ3v) is 2.56. The largest absolute Gasteiger partial charge is 0.282 e. The summed E-state index contributed by atoms with van der Waals surface area (Å²) in [7, 11) is 0. The summed E-state index contributed by atoms with van der Waals surface area (Å²) in [6.45, 7) is 8.41. The van der Waals surface area contributed by atoms with Crippen molar-refractivity contribution in [2.75, 3.05) is 0 Å². The molecule has 0 atom stereocenters. The number of hydrogen-bond acceptors (Lipinski definition) is 1. The molecular formula is C12H16OS. The zero-order valence-electron chi connectivity index (χ0n) is 9.09. The summed E-state index contributed by atoms with van der Waals surface area (Å²) in [6.07, 6.45) is 0. The van der Waals surface area contributed by atoms with Gasteiger partial charge in [0.1, 0.15) is 0 Å². The second kappa shape index (κ2) is 3.77. The molecule has 0 heterocycles. The van der Waals surface area contributed by atoms with Crippen molar-refractivity contribution in [2.45, 2.75) is 33.1 Å². The van der Waals surface area contributed by atoms with Gasteiger partial charge in [-0.1, -0.05) is 32.9 Å². The highest BCUT2D eigenvalue weighted by Gasteiger charge is 2.15. The molecule has 1 aromatic carbocycles. The number of benzene rings is 1. The van der Waals surface area contributed by atoms with E-state index in [1.54, 1.807) is 0 Å². The van der Waals surface area contributed by atoms with E-state index in [-0.39, 0.29) is 10.5 Å². The fourth-order valence-electron chi connectivity index (χ4n) is 1.37. The average Bonchev–Trinajstić information content (AvgIpc) is 2.01. The Hall–Kier alpha value is -0.760. The van der Waals surface area contributed by atoms with E-state index in [2.05, 4.69) is 39.5 Å². The molecule has 0 saturated carbocycles. The van der Waals surface area contributed by atoms with Crippen molar-refractivity contribution in [1.29, 1.82) is 0 Å². The van der Waals surface area contributed by atoms with Gasteiger partial charge < -0.3 is 0 Å². The van der Waals surface area contributed by atoms with E-state index in [1.807, 2.05) is 19.1 Å². The molecule has 0 aliphatic rings. The molecule has 0 spiro atoms. The van der Waals surface area contributed by atoms with Crippen LogP contribution in [0.1, 0.15) is 42.3 Å². The Balaban J connectivity index is 3.20. The summed E-state index contributed by atoms with van der Waals surface area (Å²) in [6, 6.07) is 5.91. The first-order valence-electron chi connectivity index (χ1n) is 4.67. The molecule has 14 heavy (non-hydrogen) atoms. The second-order valence-corrected chi connectivity index (χ2v) is 4.99. The van der Waals surface area contributed by atoms with Crippen LogP contribution in [-0.4, -0.2) is 5.12 Å². The zero-order chi connectivity index (χ0) is 10.9. The van der Waals surface area contributed by atoms with E-state index in [0.29, 0.717) is 5.56 Å². The van der Waals surface area contributed by atoms with Crippen LogP contribution in [0.5, 0.6) is 0 Å². The topological polar surface area (TPSA) is 17.1 Å². The summed E-state index contributed by atoms with van der Waals surface area (Å²) in [5, 5.41) is -0.164. The van der Waals surface area contributed by atoms with Crippen LogP contribution in [0, 0.1) is 6.92 Å². The van der Waals surface area contributed by atoms with Gasteiger partial charge in [0.25, 0.3) is 0 Å². The minimum absolute atomic E-state index is 0.128. The molecule has 0 radical (unpaired) electrons. The first-order valence-corrected chi connectivity index (χ1v) is 5.11. The summed E-state index contributed by atoms with van der Waals surface area (Å²) in [4.78, 5) is 11.1. The normalized spacial score (nSPS) is 11.5. The number of carbonyl (C=O) groups excluding carboxylic acids is 1. The molecule has 0 fully saturated rings. The highest BCUT2D eigenvalue weighted by Crippen LogP contribution is 2.24. The fourth-order valence-corrected chi connectivity index (χ4v) is 1.62. The molecule has 1 nitrogen and oxygen atoms in total. The maximum absolute atomic E-state index is 11.1. The SMILES string of the molecule is Cc1cc(C(C)(C)C)ccc1C(=O)S. The lowest BCUT2D eigenvalue weighted by atomic mass is 9.85. The number of carbonyl (C=O) groups is 1. The lowest BCUT2D eigenvalue weighted by Crippen LogP contribution is -2.11. The number of aryl methyl sites for hydroxylation is 1. The van der Waals surface area contributed by atoms with Gasteiger partial charge in [-0.25, -0.2) is 0 Å². The first-order chi connectivity index (χ1) is 6.32. The van der Waals surface area contributed by atoms with E-state index in [1.165, 1.54) is 5.56 Å². The van der Waals surface area contributed by atoms with Gasteiger partial charge in [0.2, 0.25) is 5.12 Å². The molecular weight excluding hydrogens is 192 g/mol. The van der Waals surface area contributed by atoms with E-state index in [9.17, 15) is 4.79 Å². The van der Waals surface area contributed by atoms with Crippen LogP contribution < -0.4 is 0 Å². The molecule has 0 amide bonds. The first kappa shape index (κ1) is 11.3. The summed E-state index contributed by atoms with van der Waals surface area (Å²) in [5.41, 5.74) is 3.07. The summed E-state index contributed by atoms with van der Waals surface area (Å²) in [5.74, 6) is 0. The van der Waals surface area contributed by atoms with Gasteiger partial charge in [-0.2, -0.15) is 0 Å². The molecule has 0 saturated heterocycles. The van der Waals surface area contributed by atoms with Crippen LogP contribution in [0.2, 0.25) is 0 Å². The van der Waals surface area contributed by atoms with Crippen LogP contribution in [0.15, 0.2) is 18.2 Å². The van der Waals surface area contributed by atoms with Crippen molar-refractivity contribution in [1.82, 2.24) is 0 Å². The number of rotatable bonds is 1. The summed E-state index contributed by atoms with van der Waals surface area (Å²) < 4.78 is 0. The zero-order valence-corrected chi connectivity index (χ0v) is 9.98. The lowest BCUT2D eigenvalue weighted by molar-refractivity contribution is 0.109. The maximum Gasteiger partial charge on any atom is 0.216 e. The van der Waals surface area contributed by atoms with Crippen LogP contribution in [0.25, 0.3) is 0 Å². The van der Waals surface area contributed by atoms with Crippen molar-refractivity contribution in [3.8, 4) is 0 Å². The molecule has 1 aromatic rings. The molecule has 0 N–H and O–H groups in total. The summed E-state index contributed by atoms with van der Waals surface area (Å²) >= 11 is 3.83. The lowest BCUT2D eigenvalue weighted by Gasteiger charge is -2.20. The van der Waals surface area contributed by atoms with Gasteiger partial charge in [0.05, 0.1) is 0 Å². The van der Waals surface area contributed by atoms with Crippen LogP contribution in [0.3, 0.4) is 0 Å². The Morgan fingerprint density at radius 2 is 1.86 bits per heavy atom. The van der Waals surface area contributed by atoms with Crippen molar-refractivity contribution >= 4 is 17.7 Å². The highest BCUT2D eigenvalue weighted by molar-refractivity contribution is 7.97. The third kappa shape index (κ3) is 2.38. The maximum atomic E-state index is 11.1. The average molecular weight is 208 g/mol. The van der Waals surface area contributed by atoms with Gasteiger partial charge >= 0.3 is 0 Å². The standard InChI is InChI=1S/C12H16OS/c1-8-7-9(12(2,3)4)5-6-10(8)11(13)14/h5-7H,1-4H3,(H,13,14). The smallest absolute Gasteiger partial charge is 0.216 e. The molecule has 0 aliphatic carbocycles. The quantitative estimate of drug-likeness (QED) is 0.700. The van der Waals surface area contributed by atoms with Crippen molar-refractivity contribution in [3.63, 3.8) is 0 Å². The minimum atomic E-state index is -0.164. The molecule has 0 bridgehead atoms. The Kier molecular flexibility index (Phi) is 3.05. The van der Waals surface area contributed by atoms with E-state index in [4.69, 9.17) is 0 Å². The monoisotopic (exact) mass is 208 g/mol. The van der Waals surface area contributed by atoms with Gasteiger partial charge in [0.15, 0.2) is 0 Å². The molecule has 1 rings (SSSR count). The van der Waals surface area contributed by atoms with Crippen molar-refractivity contribution < 1.29 is 4.79 Å².